The Hall–Kier alpha value is -0.160. The molecule has 0 radical (unpaired) electrons. The topological polar surface area (TPSA) is 34.2 Å². The van der Waals surface area contributed by atoms with Crippen molar-refractivity contribution in [1.82, 2.24) is 5.06 Å². The third-order valence-electron chi connectivity index (χ3n) is 5.19. The third kappa shape index (κ3) is 6.29. The zero-order valence-corrected chi connectivity index (χ0v) is 16.6. The van der Waals surface area contributed by atoms with Crippen LogP contribution in [0.4, 0.5) is 0 Å². The Kier molecular flexibility index (Phi) is 7.54. The fraction of sp³-hybridized carbons (Fsp3) is 1.00. The van der Waals surface area contributed by atoms with Gasteiger partial charge in [0, 0.05) is 11.1 Å². The number of hydroxylamine groups is 2. The highest BCUT2D eigenvalue weighted by Crippen LogP contribution is 2.40. The molecule has 0 aromatic carbocycles. The quantitative estimate of drug-likeness (QED) is 0.402. The molecular formula is C20H39NO3. The first-order valence-electron chi connectivity index (χ1n) is 10.0. The van der Waals surface area contributed by atoms with E-state index >= 15 is 0 Å². The van der Waals surface area contributed by atoms with Crippen molar-refractivity contribution in [3.05, 3.63) is 0 Å². The van der Waals surface area contributed by atoms with Gasteiger partial charge in [0.05, 0.1) is 25.9 Å². The van der Waals surface area contributed by atoms with Gasteiger partial charge in [0.25, 0.3) is 0 Å². The van der Waals surface area contributed by atoms with E-state index in [-0.39, 0.29) is 11.1 Å². The standard InChI is InChI=1S/C20H39NO3/c1-6-7-8-9-10-11-12-24-21-19(2,3)13-17(14-20(21,4)5)22-15-18-16-23-18/h17-18H,6-16H2,1-5H3. The van der Waals surface area contributed by atoms with Crippen LogP contribution in [0, 0.1) is 0 Å². The maximum atomic E-state index is 6.26. The summed E-state index contributed by atoms with van der Waals surface area (Å²) in [6.45, 7) is 13.8. The van der Waals surface area contributed by atoms with E-state index in [1.807, 2.05) is 0 Å². The highest BCUT2D eigenvalue weighted by molar-refractivity contribution is 4.97. The first-order valence-corrected chi connectivity index (χ1v) is 10.0. The number of ether oxygens (including phenoxy) is 2. The molecule has 24 heavy (non-hydrogen) atoms. The maximum Gasteiger partial charge on any atom is 0.104 e. The largest absolute Gasteiger partial charge is 0.375 e. The molecule has 0 aromatic heterocycles. The van der Waals surface area contributed by atoms with Crippen LogP contribution in [0.1, 0.15) is 86.0 Å². The average molecular weight is 342 g/mol. The van der Waals surface area contributed by atoms with Crippen molar-refractivity contribution in [2.24, 2.45) is 0 Å². The van der Waals surface area contributed by atoms with Crippen LogP contribution in [0.5, 0.6) is 0 Å². The number of hydrogen-bond donors (Lipinski definition) is 0. The fourth-order valence-electron chi connectivity index (χ4n) is 4.08. The van der Waals surface area contributed by atoms with Gasteiger partial charge in [0.1, 0.15) is 6.10 Å². The van der Waals surface area contributed by atoms with Crippen molar-refractivity contribution in [3.63, 3.8) is 0 Å². The van der Waals surface area contributed by atoms with Crippen molar-refractivity contribution in [1.29, 1.82) is 0 Å². The summed E-state index contributed by atoms with van der Waals surface area (Å²) < 4.78 is 11.4. The molecule has 2 rings (SSSR count). The first kappa shape index (κ1) is 20.2. The molecule has 4 nitrogen and oxygen atoms in total. The van der Waals surface area contributed by atoms with Crippen LogP contribution >= 0.6 is 0 Å². The Morgan fingerprint density at radius 3 is 2.12 bits per heavy atom. The van der Waals surface area contributed by atoms with Crippen molar-refractivity contribution in [2.75, 3.05) is 19.8 Å². The second kappa shape index (κ2) is 8.98. The van der Waals surface area contributed by atoms with Crippen LogP contribution in [0.2, 0.25) is 0 Å². The van der Waals surface area contributed by atoms with Gasteiger partial charge in [-0.3, -0.25) is 4.84 Å². The smallest absolute Gasteiger partial charge is 0.104 e. The molecule has 2 aliphatic heterocycles. The van der Waals surface area contributed by atoms with E-state index in [1.165, 1.54) is 32.1 Å². The predicted molar refractivity (Wildman–Crippen MR) is 98.0 cm³/mol. The van der Waals surface area contributed by atoms with E-state index in [9.17, 15) is 0 Å². The molecule has 0 spiro atoms. The van der Waals surface area contributed by atoms with Crippen LogP contribution in [0.25, 0.3) is 0 Å². The normalized spacial score (nSPS) is 26.6. The fourth-order valence-corrected chi connectivity index (χ4v) is 4.08. The maximum absolute atomic E-state index is 6.26. The Morgan fingerprint density at radius 1 is 0.958 bits per heavy atom. The molecule has 0 aromatic rings. The monoisotopic (exact) mass is 341 g/mol. The molecule has 142 valence electrons. The minimum atomic E-state index is -0.000957. The van der Waals surface area contributed by atoms with Crippen LogP contribution in [-0.4, -0.2) is 48.2 Å². The summed E-state index contributed by atoms with van der Waals surface area (Å²) in [4.78, 5) is 6.26. The lowest BCUT2D eigenvalue weighted by Gasteiger charge is -2.53. The summed E-state index contributed by atoms with van der Waals surface area (Å²) >= 11 is 0. The first-order chi connectivity index (χ1) is 11.3. The summed E-state index contributed by atoms with van der Waals surface area (Å²) in [5.74, 6) is 0. The molecule has 1 unspecified atom stereocenters. The van der Waals surface area contributed by atoms with Gasteiger partial charge in [-0.05, 0) is 47.0 Å². The van der Waals surface area contributed by atoms with Crippen LogP contribution < -0.4 is 0 Å². The van der Waals surface area contributed by atoms with E-state index in [4.69, 9.17) is 14.3 Å². The molecule has 0 N–H and O–H groups in total. The molecule has 2 saturated heterocycles. The van der Waals surface area contributed by atoms with Crippen LogP contribution in [0.3, 0.4) is 0 Å². The number of hydrogen-bond acceptors (Lipinski definition) is 4. The second-order valence-corrected chi connectivity index (χ2v) is 8.84. The van der Waals surface area contributed by atoms with Crippen LogP contribution in [0.15, 0.2) is 0 Å². The summed E-state index contributed by atoms with van der Waals surface area (Å²) in [5.41, 5.74) is -0.00191. The highest BCUT2D eigenvalue weighted by atomic mass is 16.7. The average Bonchev–Trinajstić information content (AvgIpc) is 3.29. The molecule has 2 heterocycles. The summed E-state index contributed by atoms with van der Waals surface area (Å²) in [6.07, 6.45) is 10.5. The zero-order chi connectivity index (χ0) is 17.6. The minimum Gasteiger partial charge on any atom is -0.375 e. The molecule has 2 aliphatic rings. The van der Waals surface area contributed by atoms with Crippen molar-refractivity contribution >= 4 is 0 Å². The lowest BCUT2D eigenvalue weighted by molar-refractivity contribution is -0.295. The molecule has 0 bridgehead atoms. The van der Waals surface area contributed by atoms with Gasteiger partial charge in [-0.25, -0.2) is 0 Å². The molecule has 0 saturated carbocycles. The Labute approximate surface area is 149 Å². The number of unbranched alkanes of at least 4 members (excludes halogenated alkanes) is 5. The van der Waals surface area contributed by atoms with Gasteiger partial charge < -0.3 is 9.47 Å². The van der Waals surface area contributed by atoms with Crippen molar-refractivity contribution in [3.8, 4) is 0 Å². The van der Waals surface area contributed by atoms with E-state index in [1.54, 1.807) is 0 Å². The van der Waals surface area contributed by atoms with Gasteiger partial charge in [-0.1, -0.05) is 39.0 Å². The van der Waals surface area contributed by atoms with E-state index in [0.29, 0.717) is 12.2 Å². The highest BCUT2D eigenvalue weighted by Gasteiger charge is 2.47. The molecule has 0 aliphatic carbocycles. The molecule has 1 atom stereocenters. The van der Waals surface area contributed by atoms with Crippen LogP contribution in [-0.2, 0) is 14.3 Å². The van der Waals surface area contributed by atoms with Crippen molar-refractivity contribution < 1.29 is 14.3 Å². The number of nitrogens with zero attached hydrogens (tertiary/aromatic N) is 1. The van der Waals surface area contributed by atoms with E-state index < -0.39 is 0 Å². The summed E-state index contributed by atoms with van der Waals surface area (Å²) in [6, 6.07) is 0. The number of epoxide rings is 1. The van der Waals surface area contributed by atoms with Gasteiger partial charge in [-0.15, -0.1) is 0 Å². The Balaban J connectivity index is 1.74. The third-order valence-corrected chi connectivity index (χ3v) is 5.19. The van der Waals surface area contributed by atoms with Gasteiger partial charge >= 0.3 is 0 Å². The van der Waals surface area contributed by atoms with E-state index in [2.05, 4.69) is 39.7 Å². The minimum absolute atomic E-state index is 0.000957. The number of piperidine rings is 1. The van der Waals surface area contributed by atoms with Gasteiger partial charge in [0.15, 0.2) is 0 Å². The lowest BCUT2D eigenvalue weighted by Crippen LogP contribution is -2.62. The van der Waals surface area contributed by atoms with Crippen molar-refractivity contribution in [2.45, 2.75) is 109 Å². The Bertz CT molecular complexity index is 348. The second-order valence-electron chi connectivity index (χ2n) is 8.84. The van der Waals surface area contributed by atoms with E-state index in [0.717, 1.165) is 39.1 Å². The van der Waals surface area contributed by atoms with Gasteiger partial charge in [0.2, 0.25) is 0 Å². The molecular weight excluding hydrogens is 302 g/mol. The predicted octanol–water partition coefficient (Wildman–Crippen LogP) is 4.72. The zero-order valence-electron chi connectivity index (χ0n) is 16.6. The Morgan fingerprint density at radius 2 is 1.54 bits per heavy atom. The molecule has 2 fully saturated rings. The van der Waals surface area contributed by atoms with Gasteiger partial charge in [-0.2, -0.15) is 5.06 Å². The summed E-state index contributed by atoms with van der Waals surface area (Å²) in [5, 5.41) is 2.25. The lowest BCUT2D eigenvalue weighted by atomic mass is 9.80. The molecule has 0 amide bonds. The number of rotatable bonds is 11. The SMILES string of the molecule is CCCCCCCCON1C(C)(C)CC(OCC2CO2)CC1(C)C. The summed E-state index contributed by atoms with van der Waals surface area (Å²) in [7, 11) is 0. The molecule has 4 heteroatoms.